The molecule has 1 aliphatic heterocycles. The fourth-order valence-electron chi connectivity index (χ4n) is 4.59. The second kappa shape index (κ2) is 9.93. The molecule has 37 heavy (non-hydrogen) atoms. The van der Waals surface area contributed by atoms with Gasteiger partial charge in [-0.1, -0.05) is 41.9 Å². The van der Waals surface area contributed by atoms with Crippen molar-refractivity contribution in [3.05, 3.63) is 95.3 Å². The summed E-state index contributed by atoms with van der Waals surface area (Å²) in [6.45, 7) is 0.147. The minimum atomic E-state index is -2.75. The molecule has 2 atom stereocenters. The van der Waals surface area contributed by atoms with Gasteiger partial charge in [0, 0.05) is 34.1 Å². The molecule has 0 saturated carbocycles. The van der Waals surface area contributed by atoms with Crippen molar-refractivity contribution >= 4 is 56.8 Å². The van der Waals surface area contributed by atoms with Gasteiger partial charge in [-0.2, -0.15) is 0 Å². The number of carbonyl (C=O) groups excluding carboxylic acids is 2. The Hall–Kier alpha value is -3.79. The van der Waals surface area contributed by atoms with Gasteiger partial charge in [0.25, 0.3) is 5.91 Å². The van der Waals surface area contributed by atoms with E-state index in [4.69, 9.17) is 17.3 Å². The molecule has 2 amide bonds. The van der Waals surface area contributed by atoms with Gasteiger partial charge in [0.05, 0.1) is 5.69 Å². The Morgan fingerprint density at radius 2 is 1.76 bits per heavy atom. The summed E-state index contributed by atoms with van der Waals surface area (Å²) in [7, 11) is 0. The van der Waals surface area contributed by atoms with Crippen molar-refractivity contribution in [3.63, 3.8) is 0 Å². The Morgan fingerprint density at radius 1 is 1.03 bits per heavy atom. The lowest BCUT2D eigenvalue weighted by Crippen LogP contribution is -2.43. The number of anilines is 2. The van der Waals surface area contributed by atoms with Crippen molar-refractivity contribution in [3.8, 4) is 11.1 Å². The Morgan fingerprint density at radius 3 is 2.49 bits per heavy atom. The smallest absolute Gasteiger partial charge is 0.250 e. The molecule has 2 unspecified atom stereocenters. The number of nitrogens with two attached hydrogens (primary N) is 1. The van der Waals surface area contributed by atoms with Crippen molar-refractivity contribution in [2.45, 2.75) is 12.5 Å². The Bertz CT molecular complexity index is 1580. The number of hydrogen-bond acceptors (Lipinski definition) is 4. The summed E-state index contributed by atoms with van der Waals surface area (Å²) in [4.78, 5) is 26.1. The van der Waals surface area contributed by atoms with Crippen molar-refractivity contribution in [1.29, 1.82) is 0 Å². The highest BCUT2D eigenvalue weighted by Gasteiger charge is 2.38. The van der Waals surface area contributed by atoms with Crippen LogP contribution in [0.3, 0.4) is 0 Å². The first kappa shape index (κ1) is 24.9. The maximum absolute atomic E-state index is 15.2. The van der Waals surface area contributed by atoms with Crippen LogP contribution in [0.1, 0.15) is 16.8 Å². The molecular weight excluding hydrogens is 517 g/mol. The van der Waals surface area contributed by atoms with E-state index >= 15 is 4.39 Å². The van der Waals surface area contributed by atoms with Gasteiger partial charge in [-0.3, -0.25) is 18.1 Å². The number of benzene rings is 4. The van der Waals surface area contributed by atoms with E-state index in [1.54, 1.807) is 66.7 Å². The summed E-state index contributed by atoms with van der Waals surface area (Å²) in [6.07, 6.45) is 0.188. The van der Waals surface area contributed by atoms with Crippen molar-refractivity contribution in [2.24, 2.45) is 5.73 Å². The maximum Gasteiger partial charge on any atom is 0.250 e. The first-order valence-electron chi connectivity index (χ1n) is 11.3. The minimum Gasteiger partial charge on any atom is -0.755 e. The van der Waals surface area contributed by atoms with Crippen molar-refractivity contribution in [1.82, 2.24) is 0 Å². The molecule has 2 N–H and O–H groups in total. The van der Waals surface area contributed by atoms with Gasteiger partial charge >= 0.3 is 0 Å². The number of halogens is 2. The molecule has 0 spiro atoms. The predicted octanol–water partition coefficient (Wildman–Crippen LogP) is 4.80. The van der Waals surface area contributed by atoms with Crippen LogP contribution in [0, 0.1) is 5.82 Å². The molecule has 1 aliphatic rings. The van der Waals surface area contributed by atoms with E-state index in [0.717, 1.165) is 15.1 Å². The average molecular weight is 537 g/mol. The zero-order valence-corrected chi connectivity index (χ0v) is 20.8. The molecule has 1 heterocycles. The lowest BCUT2D eigenvalue weighted by molar-refractivity contribution is -0.118. The predicted molar refractivity (Wildman–Crippen MR) is 141 cm³/mol. The minimum absolute atomic E-state index is 0.0482. The Kier molecular flexibility index (Phi) is 6.68. The molecule has 0 aromatic heterocycles. The number of amides is 2. The van der Waals surface area contributed by atoms with Crippen LogP contribution in [0.5, 0.6) is 0 Å². The first-order valence-corrected chi connectivity index (χ1v) is 12.7. The highest BCUT2D eigenvalue weighted by atomic mass is 35.5. The number of carbonyl (C=O) groups is 2. The third-order valence-electron chi connectivity index (χ3n) is 6.38. The summed E-state index contributed by atoms with van der Waals surface area (Å²) < 4.78 is 40.7. The van der Waals surface area contributed by atoms with Crippen LogP contribution in [0.15, 0.2) is 78.9 Å². The normalized spacial score (nSPS) is 16.2. The molecule has 4 aromatic carbocycles. The second-order valence-electron chi connectivity index (χ2n) is 8.62. The van der Waals surface area contributed by atoms with Crippen LogP contribution in [0.2, 0.25) is 5.02 Å². The van der Waals surface area contributed by atoms with Crippen LogP contribution in [0.4, 0.5) is 15.8 Å². The summed E-state index contributed by atoms with van der Waals surface area (Å²) in [5.74, 6) is -1.76. The lowest BCUT2D eigenvalue weighted by Gasteiger charge is -2.31. The monoisotopic (exact) mass is 536 g/mol. The molecule has 0 radical (unpaired) electrons. The van der Waals surface area contributed by atoms with Crippen LogP contribution < -0.4 is 14.9 Å². The zero-order valence-electron chi connectivity index (χ0n) is 19.3. The second-order valence-corrected chi connectivity index (χ2v) is 9.89. The molecule has 1 fully saturated rings. The number of primary amides is 1. The Balaban J connectivity index is 1.43. The third-order valence-corrected chi connectivity index (χ3v) is 7.40. The summed E-state index contributed by atoms with van der Waals surface area (Å²) in [6, 6.07) is 20.1. The van der Waals surface area contributed by atoms with E-state index in [-0.39, 0.29) is 18.7 Å². The van der Waals surface area contributed by atoms with E-state index < -0.39 is 34.9 Å². The highest BCUT2D eigenvalue weighted by Crippen LogP contribution is 2.34. The van der Waals surface area contributed by atoms with Gasteiger partial charge in [-0.15, -0.1) is 0 Å². The van der Waals surface area contributed by atoms with E-state index in [2.05, 4.69) is 0 Å². The van der Waals surface area contributed by atoms with Gasteiger partial charge in [-0.05, 0) is 76.9 Å². The number of fused-ring (bicyclic) bond motifs is 1. The van der Waals surface area contributed by atoms with Gasteiger partial charge in [0.2, 0.25) is 5.91 Å². The fraction of sp³-hybridized carbons (Fsp3) is 0.111. The van der Waals surface area contributed by atoms with E-state index in [9.17, 15) is 18.4 Å². The summed E-state index contributed by atoms with van der Waals surface area (Å²) >= 11 is 3.29. The lowest BCUT2D eigenvalue weighted by atomic mass is 10.0. The molecule has 5 rings (SSSR count). The van der Waals surface area contributed by atoms with Crippen LogP contribution in [-0.4, -0.2) is 33.2 Å². The average Bonchev–Trinajstić information content (AvgIpc) is 3.24. The van der Waals surface area contributed by atoms with E-state index in [1.807, 2.05) is 0 Å². The molecule has 10 heteroatoms. The number of hydrogen-bond donors (Lipinski definition) is 1. The molecule has 4 aromatic rings. The van der Waals surface area contributed by atoms with Gasteiger partial charge in [-0.25, -0.2) is 4.39 Å². The summed E-state index contributed by atoms with van der Waals surface area (Å²) in [5.41, 5.74) is 7.11. The first-order chi connectivity index (χ1) is 17.7. The van der Waals surface area contributed by atoms with Gasteiger partial charge in [0.15, 0.2) is 0 Å². The van der Waals surface area contributed by atoms with Crippen LogP contribution >= 0.6 is 11.6 Å². The standard InChI is InChI=1S/C27H21ClFN3O4S/c28-21-7-4-18-14-22(8-5-17(18)13-21)32(37(35)36)25-10-11-31(27(25)34)24-9-6-19(15-23(24)29)16-2-1-3-20(12-16)26(30)33/h1-9,12-15,25H,10-11H2,(H2,30,33)(H,35,36)/p-1. The van der Waals surface area contributed by atoms with Gasteiger partial charge in [0.1, 0.15) is 11.9 Å². The molecular formula is C27H20ClFN3O4S-. The zero-order chi connectivity index (χ0) is 26.3. The van der Waals surface area contributed by atoms with Crippen LogP contribution in [-0.2, 0) is 16.1 Å². The highest BCUT2D eigenvalue weighted by molar-refractivity contribution is 7.80. The maximum atomic E-state index is 15.2. The molecule has 1 saturated heterocycles. The fourth-order valence-corrected chi connectivity index (χ4v) is 5.46. The van der Waals surface area contributed by atoms with E-state index in [0.29, 0.717) is 27.4 Å². The number of rotatable bonds is 6. The van der Waals surface area contributed by atoms with E-state index in [1.165, 1.54) is 17.0 Å². The number of nitrogens with zero attached hydrogens (tertiary/aromatic N) is 2. The summed E-state index contributed by atoms with van der Waals surface area (Å²) in [5, 5.41) is 2.15. The SMILES string of the molecule is NC(=O)c1cccc(-c2ccc(N3CCC(N(c4ccc5cc(Cl)ccc5c4)S(=O)[O-])C3=O)c(F)c2)c1. The quantitative estimate of drug-likeness (QED) is 0.357. The van der Waals surface area contributed by atoms with Crippen LogP contribution in [0.25, 0.3) is 21.9 Å². The third kappa shape index (κ3) is 4.81. The van der Waals surface area contributed by atoms with Gasteiger partial charge < -0.3 is 15.2 Å². The Labute approximate surface area is 219 Å². The van der Waals surface area contributed by atoms with Crippen molar-refractivity contribution < 1.29 is 22.7 Å². The molecule has 0 aliphatic carbocycles. The molecule has 7 nitrogen and oxygen atoms in total. The molecule has 188 valence electrons. The van der Waals surface area contributed by atoms with Crippen molar-refractivity contribution in [2.75, 3.05) is 15.7 Å². The topological polar surface area (TPSA) is 107 Å². The molecule has 0 bridgehead atoms. The largest absolute Gasteiger partial charge is 0.755 e.